The molecule has 1 aliphatic rings. The zero-order valence-electron chi connectivity index (χ0n) is 24.6. The van der Waals surface area contributed by atoms with Crippen molar-refractivity contribution in [1.29, 1.82) is 0 Å². The number of nitrogens with zero attached hydrogens (tertiary/aromatic N) is 4. The summed E-state index contributed by atoms with van der Waals surface area (Å²) in [5, 5.41) is 12.9. The van der Waals surface area contributed by atoms with Gasteiger partial charge in [-0.1, -0.05) is 32.9 Å². The number of hydrogen-bond acceptors (Lipinski definition) is 6. The average molecular weight is 610 g/mol. The van der Waals surface area contributed by atoms with Gasteiger partial charge in [-0.2, -0.15) is 5.10 Å². The van der Waals surface area contributed by atoms with E-state index in [1.165, 1.54) is 24.7 Å². The van der Waals surface area contributed by atoms with Crippen LogP contribution in [0.1, 0.15) is 62.4 Å². The molecule has 13 heteroatoms. The van der Waals surface area contributed by atoms with Crippen LogP contribution in [0.4, 0.5) is 29.5 Å². The highest BCUT2D eigenvalue weighted by Crippen LogP contribution is 2.39. The Kier molecular flexibility index (Phi) is 8.75. The Hall–Kier alpha value is -4.68. The van der Waals surface area contributed by atoms with Crippen molar-refractivity contribution in [3.63, 3.8) is 0 Å². The molecule has 2 heterocycles. The minimum Gasteiger partial charge on any atom is -0.406 e. The van der Waals surface area contributed by atoms with E-state index in [2.05, 4.69) is 56.3 Å². The number of ether oxygens (including phenoxy) is 1. The van der Waals surface area contributed by atoms with E-state index in [4.69, 9.17) is 0 Å². The number of rotatable bonds is 7. The number of halogens is 3. The monoisotopic (exact) mass is 609 g/mol. The standard InChI is InChI=1S/C31H34F3N7O3/c1-30(2,3)21-8-12-23(13-9-21)41(29(43)38-22-10-14-24(15-11-22)44-31(32,33)34)17-19-4-6-20(7-5-19)28(42)39-26-25-16-37-40-27(25)36-18-35-26/h4-7,10-11,14-16,18,21,23H,8-9,12-13,17H2,1-3H3,(H,38,43)(H2,35,36,37,39,40,42). The Morgan fingerprint density at radius 2 is 1.64 bits per heavy atom. The zero-order valence-corrected chi connectivity index (χ0v) is 24.6. The van der Waals surface area contributed by atoms with Crippen LogP contribution in [0.15, 0.2) is 61.1 Å². The molecule has 0 bridgehead atoms. The number of amides is 3. The molecule has 1 aliphatic carbocycles. The molecule has 1 saturated carbocycles. The number of aromatic nitrogens is 4. The van der Waals surface area contributed by atoms with Crippen molar-refractivity contribution in [1.82, 2.24) is 25.1 Å². The van der Waals surface area contributed by atoms with Gasteiger partial charge in [-0.25, -0.2) is 14.8 Å². The molecular formula is C31H34F3N7O3. The molecule has 5 rings (SSSR count). The van der Waals surface area contributed by atoms with Crippen molar-refractivity contribution in [2.75, 3.05) is 10.6 Å². The first-order valence-corrected chi connectivity index (χ1v) is 14.3. The third-order valence-corrected chi connectivity index (χ3v) is 8.01. The van der Waals surface area contributed by atoms with Crippen LogP contribution in [0.3, 0.4) is 0 Å². The average Bonchev–Trinajstić information content (AvgIpc) is 3.46. The molecule has 4 aromatic rings. The van der Waals surface area contributed by atoms with E-state index in [9.17, 15) is 22.8 Å². The Morgan fingerprint density at radius 1 is 0.955 bits per heavy atom. The fourth-order valence-corrected chi connectivity index (χ4v) is 5.56. The van der Waals surface area contributed by atoms with Gasteiger partial charge in [-0.05, 0) is 79.0 Å². The number of urea groups is 1. The van der Waals surface area contributed by atoms with E-state index in [-0.39, 0.29) is 35.7 Å². The van der Waals surface area contributed by atoms with Crippen molar-refractivity contribution in [2.24, 2.45) is 11.3 Å². The molecule has 3 amide bonds. The fourth-order valence-electron chi connectivity index (χ4n) is 5.56. The van der Waals surface area contributed by atoms with Crippen LogP contribution in [0.25, 0.3) is 11.0 Å². The Bertz CT molecular complexity index is 1590. The van der Waals surface area contributed by atoms with Crippen molar-refractivity contribution in [3.05, 3.63) is 72.2 Å². The van der Waals surface area contributed by atoms with Crippen molar-refractivity contribution >= 4 is 34.5 Å². The number of H-pyrrole nitrogens is 1. The second-order valence-electron chi connectivity index (χ2n) is 12.0. The van der Waals surface area contributed by atoms with Gasteiger partial charge in [-0.3, -0.25) is 9.89 Å². The van der Waals surface area contributed by atoms with E-state index in [0.717, 1.165) is 43.4 Å². The third kappa shape index (κ3) is 7.63. The molecule has 0 spiro atoms. The van der Waals surface area contributed by atoms with Gasteiger partial charge in [0.2, 0.25) is 0 Å². The number of nitrogens with one attached hydrogen (secondary N) is 3. The number of aromatic amines is 1. The number of carbonyl (C=O) groups excluding carboxylic acids is 2. The fraction of sp³-hybridized carbons (Fsp3) is 0.387. The molecular weight excluding hydrogens is 575 g/mol. The molecule has 0 saturated heterocycles. The lowest BCUT2D eigenvalue weighted by atomic mass is 9.71. The molecule has 44 heavy (non-hydrogen) atoms. The molecule has 0 radical (unpaired) electrons. The second kappa shape index (κ2) is 12.5. The smallest absolute Gasteiger partial charge is 0.406 e. The van der Waals surface area contributed by atoms with E-state index in [0.29, 0.717) is 34.0 Å². The van der Waals surface area contributed by atoms with Gasteiger partial charge in [0.25, 0.3) is 5.91 Å². The van der Waals surface area contributed by atoms with Crippen LogP contribution >= 0.6 is 0 Å². The lowest BCUT2D eigenvalue weighted by Crippen LogP contribution is -2.45. The molecule has 0 atom stereocenters. The van der Waals surface area contributed by atoms with E-state index >= 15 is 0 Å². The predicted octanol–water partition coefficient (Wildman–Crippen LogP) is 7.14. The molecule has 2 aromatic carbocycles. The Labute approximate surface area is 252 Å². The molecule has 0 unspecified atom stereocenters. The largest absolute Gasteiger partial charge is 0.573 e. The topological polar surface area (TPSA) is 125 Å². The lowest BCUT2D eigenvalue weighted by molar-refractivity contribution is -0.274. The van der Waals surface area contributed by atoms with Gasteiger partial charge in [0.05, 0.1) is 11.6 Å². The van der Waals surface area contributed by atoms with E-state index < -0.39 is 6.36 Å². The summed E-state index contributed by atoms with van der Waals surface area (Å²) in [5.41, 5.74) is 2.26. The number of fused-ring (bicyclic) bond motifs is 1. The first-order chi connectivity index (χ1) is 20.9. The van der Waals surface area contributed by atoms with Crippen LogP contribution in [-0.4, -0.2) is 49.4 Å². The van der Waals surface area contributed by atoms with Crippen molar-refractivity contribution in [3.8, 4) is 5.75 Å². The summed E-state index contributed by atoms with van der Waals surface area (Å²) in [5.74, 6) is 0.155. The molecule has 10 nitrogen and oxygen atoms in total. The first kappa shape index (κ1) is 30.8. The lowest BCUT2D eigenvalue weighted by Gasteiger charge is -2.41. The van der Waals surface area contributed by atoms with Crippen LogP contribution in [-0.2, 0) is 6.54 Å². The molecule has 1 fully saturated rings. The molecule has 0 aliphatic heterocycles. The Morgan fingerprint density at radius 3 is 2.27 bits per heavy atom. The van der Waals surface area contributed by atoms with Crippen LogP contribution in [0.2, 0.25) is 0 Å². The maximum atomic E-state index is 13.6. The quantitative estimate of drug-likeness (QED) is 0.205. The minimum absolute atomic E-state index is 0.0282. The maximum Gasteiger partial charge on any atom is 0.573 e. The van der Waals surface area contributed by atoms with Gasteiger partial charge in [0, 0.05) is 23.8 Å². The summed E-state index contributed by atoms with van der Waals surface area (Å²) in [6, 6.07) is 11.6. The number of hydrogen-bond donors (Lipinski definition) is 3. The number of benzene rings is 2. The van der Waals surface area contributed by atoms with Crippen LogP contribution < -0.4 is 15.4 Å². The first-order valence-electron chi connectivity index (χ1n) is 14.3. The predicted molar refractivity (Wildman–Crippen MR) is 159 cm³/mol. The minimum atomic E-state index is -4.80. The third-order valence-electron chi connectivity index (χ3n) is 8.01. The second-order valence-corrected chi connectivity index (χ2v) is 12.0. The molecule has 2 aromatic heterocycles. The van der Waals surface area contributed by atoms with Crippen molar-refractivity contribution < 1.29 is 27.5 Å². The summed E-state index contributed by atoms with van der Waals surface area (Å²) in [6.07, 6.45) is 1.68. The molecule has 3 N–H and O–H groups in total. The highest BCUT2D eigenvalue weighted by molar-refractivity contribution is 6.07. The summed E-state index contributed by atoms with van der Waals surface area (Å²) >= 11 is 0. The zero-order chi connectivity index (χ0) is 31.5. The molecule has 232 valence electrons. The number of anilines is 2. The highest BCUT2D eigenvalue weighted by atomic mass is 19.4. The van der Waals surface area contributed by atoms with Gasteiger partial charge in [-0.15, -0.1) is 13.2 Å². The normalized spacial score (nSPS) is 17.2. The Balaban J connectivity index is 1.29. The van der Waals surface area contributed by atoms with Crippen LogP contribution in [0, 0.1) is 11.3 Å². The summed E-state index contributed by atoms with van der Waals surface area (Å²) in [6.45, 7) is 6.98. The summed E-state index contributed by atoms with van der Waals surface area (Å²) in [4.78, 5) is 36.5. The van der Waals surface area contributed by atoms with Crippen molar-refractivity contribution in [2.45, 2.75) is 65.4 Å². The number of alkyl halides is 3. The van der Waals surface area contributed by atoms with Gasteiger partial charge in [0.1, 0.15) is 17.9 Å². The van der Waals surface area contributed by atoms with E-state index in [1.807, 2.05) is 0 Å². The number of carbonyl (C=O) groups is 2. The van der Waals surface area contributed by atoms with E-state index in [1.54, 1.807) is 29.2 Å². The van der Waals surface area contributed by atoms with Gasteiger partial charge in [0.15, 0.2) is 5.65 Å². The SMILES string of the molecule is CC(C)(C)C1CCC(N(Cc2ccc(C(=O)Nc3ncnc4[nH]ncc34)cc2)C(=O)Nc2ccc(OC(F)(F)F)cc2)CC1. The van der Waals surface area contributed by atoms with Gasteiger partial charge < -0.3 is 20.3 Å². The maximum absolute atomic E-state index is 13.6. The van der Waals surface area contributed by atoms with Gasteiger partial charge >= 0.3 is 12.4 Å². The van der Waals surface area contributed by atoms with Crippen LogP contribution in [0.5, 0.6) is 5.75 Å². The summed E-state index contributed by atoms with van der Waals surface area (Å²) in [7, 11) is 0. The summed E-state index contributed by atoms with van der Waals surface area (Å²) < 4.78 is 41.6. The highest BCUT2D eigenvalue weighted by Gasteiger charge is 2.34.